The highest BCUT2D eigenvalue weighted by Gasteiger charge is 2.18. The molecule has 0 radical (unpaired) electrons. The topological polar surface area (TPSA) is 102 Å². The summed E-state index contributed by atoms with van der Waals surface area (Å²) >= 11 is 0. The first-order valence-electron chi connectivity index (χ1n) is 9.34. The summed E-state index contributed by atoms with van der Waals surface area (Å²) in [6.07, 6.45) is 6.66. The summed E-state index contributed by atoms with van der Waals surface area (Å²) in [5, 5.41) is 8.93. The fraction of sp³-hybridized carbons (Fsp3) is 0.0909. The van der Waals surface area contributed by atoms with Gasteiger partial charge in [0.25, 0.3) is 5.56 Å². The third-order valence-electron chi connectivity index (χ3n) is 5.05. The van der Waals surface area contributed by atoms with Crippen molar-refractivity contribution in [1.82, 2.24) is 24.7 Å². The van der Waals surface area contributed by atoms with Gasteiger partial charge < -0.3 is 5.73 Å². The van der Waals surface area contributed by atoms with E-state index in [1.54, 1.807) is 35.3 Å². The minimum atomic E-state index is -0.157. The summed E-state index contributed by atoms with van der Waals surface area (Å²) in [5.41, 5.74) is 10.2. The van der Waals surface area contributed by atoms with Crippen molar-refractivity contribution < 1.29 is 0 Å². The maximum absolute atomic E-state index is 13.6. The Morgan fingerprint density at radius 2 is 1.86 bits per heavy atom. The molecular weight excluding hydrogens is 364 g/mol. The second-order valence-corrected chi connectivity index (χ2v) is 6.89. The number of hydrogen-bond donors (Lipinski definition) is 2. The summed E-state index contributed by atoms with van der Waals surface area (Å²) in [4.78, 5) is 22.1. The van der Waals surface area contributed by atoms with E-state index in [0.29, 0.717) is 34.3 Å². The number of nitrogens with zero attached hydrogens (tertiary/aromatic N) is 4. The molecule has 7 heteroatoms. The number of aromatic amines is 1. The van der Waals surface area contributed by atoms with Crippen LogP contribution in [0.2, 0.25) is 0 Å². The molecule has 5 rings (SSSR count). The van der Waals surface area contributed by atoms with E-state index in [4.69, 9.17) is 5.73 Å². The van der Waals surface area contributed by atoms with E-state index in [2.05, 4.69) is 20.2 Å². The van der Waals surface area contributed by atoms with Gasteiger partial charge in [-0.1, -0.05) is 6.07 Å². The van der Waals surface area contributed by atoms with Crippen molar-refractivity contribution in [1.29, 1.82) is 0 Å². The molecule has 0 aliphatic heterocycles. The number of rotatable bonds is 4. The Balaban J connectivity index is 1.73. The molecule has 4 aromatic heterocycles. The number of nitrogens with one attached hydrogen (secondary N) is 1. The van der Waals surface area contributed by atoms with Gasteiger partial charge in [-0.3, -0.25) is 19.4 Å². The van der Waals surface area contributed by atoms with Crippen molar-refractivity contribution in [2.45, 2.75) is 12.8 Å². The third-order valence-corrected chi connectivity index (χ3v) is 5.05. The summed E-state index contributed by atoms with van der Waals surface area (Å²) in [5.74, 6) is 0. The largest absolute Gasteiger partial charge is 0.399 e. The molecule has 0 aliphatic rings. The van der Waals surface area contributed by atoms with Crippen molar-refractivity contribution in [3.63, 3.8) is 0 Å². The van der Waals surface area contributed by atoms with E-state index in [-0.39, 0.29) is 5.56 Å². The number of aryl methyl sites for hydroxylation is 2. The first kappa shape index (κ1) is 17.1. The van der Waals surface area contributed by atoms with Crippen LogP contribution >= 0.6 is 0 Å². The van der Waals surface area contributed by atoms with Gasteiger partial charge in [-0.25, -0.2) is 4.98 Å². The van der Waals surface area contributed by atoms with Gasteiger partial charge in [0, 0.05) is 35.4 Å². The summed E-state index contributed by atoms with van der Waals surface area (Å²) in [6, 6.07) is 15.0. The van der Waals surface area contributed by atoms with Crippen LogP contribution in [0.4, 0.5) is 5.69 Å². The molecule has 0 fully saturated rings. The first-order chi connectivity index (χ1) is 14.2. The highest BCUT2D eigenvalue weighted by Crippen LogP contribution is 2.25. The fourth-order valence-electron chi connectivity index (χ4n) is 3.67. The standard InChI is InChI=1S/C22H18N6O/c23-15-3-1-4-16(13-15)28-21-17(5-2-10-25-21)20-19(22(28)29)18(26-27-20)7-6-14-8-11-24-12-9-14/h1-5,8-13H,6-7,23H2,(H,26,27). The summed E-state index contributed by atoms with van der Waals surface area (Å²) < 4.78 is 1.61. The minimum absolute atomic E-state index is 0.157. The third kappa shape index (κ3) is 2.93. The molecule has 1 aromatic carbocycles. The monoisotopic (exact) mass is 382 g/mol. The van der Waals surface area contributed by atoms with Crippen LogP contribution in [0.25, 0.3) is 27.6 Å². The zero-order chi connectivity index (χ0) is 19.8. The number of hydrogen-bond acceptors (Lipinski definition) is 5. The van der Waals surface area contributed by atoms with Gasteiger partial charge in [0.05, 0.1) is 11.1 Å². The molecule has 0 bridgehead atoms. The molecule has 0 saturated carbocycles. The first-order valence-corrected chi connectivity index (χ1v) is 9.34. The molecule has 0 amide bonds. The van der Waals surface area contributed by atoms with Crippen molar-refractivity contribution >= 4 is 27.6 Å². The molecule has 0 saturated heterocycles. The molecule has 0 unspecified atom stereocenters. The zero-order valence-electron chi connectivity index (χ0n) is 15.5. The Kier molecular flexibility index (Phi) is 4.05. The van der Waals surface area contributed by atoms with Gasteiger partial charge in [0.15, 0.2) is 0 Å². The van der Waals surface area contributed by atoms with Crippen molar-refractivity contribution in [2.75, 3.05) is 5.73 Å². The van der Waals surface area contributed by atoms with E-state index >= 15 is 0 Å². The highest BCUT2D eigenvalue weighted by molar-refractivity contribution is 6.03. The fourth-order valence-corrected chi connectivity index (χ4v) is 3.67. The van der Waals surface area contributed by atoms with E-state index < -0.39 is 0 Å². The van der Waals surface area contributed by atoms with Crippen LogP contribution in [0.15, 0.2) is 71.9 Å². The Bertz CT molecular complexity index is 1390. The predicted octanol–water partition coefficient (Wildman–Crippen LogP) is 3.02. The summed E-state index contributed by atoms with van der Waals surface area (Å²) in [6.45, 7) is 0. The Morgan fingerprint density at radius 3 is 2.69 bits per heavy atom. The molecule has 3 N–H and O–H groups in total. The Morgan fingerprint density at radius 1 is 1.00 bits per heavy atom. The lowest BCUT2D eigenvalue weighted by Gasteiger charge is -2.11. The second kappa shape index (κ2) is 6.87. The lowest BCUT2D eigenvalue weighted by Crippen LogP contribution is -2.20. The van der Waals surface area contributed by atoms with Crippen LogP contribution in [0.5, 0.6) is 0 Å². The predicted molar refractivity (Wildman–Crippen MR) is 113 cm³/mol. The average molecular weight is 382 g/mol. The van der Waals surface area contributed by atoms with E-state index in [0.717, 1.165) is 23.1 Å². The lowest BCUT2D eigenvalue weighted by atomic mass is 10.1. The smallest absolute Gasteiger partial charge is 0.268 e. The lowest BCUT2D eigenvalue weighted by molar-refractivity contribution is 0.896. The van der Waals surface area contributed by atoms with Crippen molar-refractivity contribution in [2.24, 2.45) is 0 Å². The Labute approximate surface area is 165 Å². The quantitative estimate of drug-likeness (QED) is 0.465. The average Bonchev–Trinajstić information content (AvgIpc) is 3.18. The SMILES string of the molecule is Nc1cccc(-n2c(=O)c3c(CCc4ccncc4)[nH]nc3c3cccnc32)c1. The molecule has 4 heterocycles. The number of nitrogen functional groups attached to an aromatic ring is 1. The van der Waals surface area contributed by atoms with Crippen molar-refractivity contribution in [3.05, 3.63) is 88.7 Å². The van der Waals surface area contributed by atoms with E-state index in [9.17, 15) is 4.79 Å². The molecule has 142 valence electrons. The van der Waals surface area contributed by atoms with Crippen LogP contribution < -0.4 is 11.3 Å². The number of nitrogens with two attached hydrogens (primary N) is 1. The number of fused-ring (bicyclic) bond motifs is 3. The van der Waals surface area contributed by atoms with Gasteiger partial charge in [0.1, 0.15) is 11.2 Å². The van der Waals surface area contributed by atoms with Crippen LogP contribution in [-0.2, 0) is 12.8 Å². The molecule has 7 nitrogen and oxygen atoms in total. The van der Waals surface area contributed by atoms with Gasteiger partial charge in [0.2, 0.25) is 0 Å². The van der Waals surface area contributed by atoms with E-state index in [1.165, 1.54) is 0 Å². The molecule has 0 atom stereocenters. The van der Waals surface area contributed by atoms with Crippen LogP contribution in [-0.4, -0.2) is 24.7 Å². The van der Waals surface area contributed by atoms with Gasteiger partial charge in [-0.05, 0) is 60.9 Å². The zero-order valence-corrected chi connectivity index (χ0v) is 15.5. The number of benzene rings is 1. The van der Waals surface area contributed by atoms with Crippen LogP contribution in [0, 0.1) is 0 Å². The van der Waals surface area contributed by atoms with Crippen LogP contribution in [0.3, 0.4) is 0 Å². The van der Waals surface area contributed by atoms with E-state index in [1.807, 2.05) is 36.4 Å². The van der Waals surface area contributed by atoms with Gasteiger partial charge >= 0.3 is 0 Å². The van der Waals surface area contributed by atoms with Gasteiger partial charge in [-0.2, -0.15) is 5.10 Å². The second-order valence-electron chi connectivity index (χ2n) is 6.89. The van der Waals surface area contributed by atoms with Crippen LogP contribution in [0.1, 0.15) is 11.3 Å². The molecule has 5 aromatic rings. The molecule has 29 heavy (non-hydrogen) atoms. The molecule has 0 spiro atoms. The minimum Gasteiger partial charge on any atom is -0.399 e. The number of pyridine rings is 3. The molecule has 0 aliphatic carbocycles. The Hall–Kier alpha value is -4.00. The normalized spacial score (nSPS) is 11.3. The molecular formula is C22H18N6O. The number of H-pyrrole nitrogens is 1. The van der Waals surface area contributed by atoms with Crippen molar-refractivity contribution in [3.8, 4) is 5.69 Å². The number of aromatic nitrogens is 5. The van der Waals surface area contributed by atoms with Gasteiger partial charge in [-0.15, -0.1) is 0 Å². The maximum atomic E-state index is 13.6. The summed E-state index contributed by atoms with van der Waals surface area (Å²) in [7, 11) is 0. The highest BCUT2D eigenvalue weighted by atomic mass is 16.1. The number of anilines is 1. The maximum Gasteiger partial charge on any atom is 0.268 e.